The lowest BCUT2D eigenvalue weighted by molar-refractivity contribution is -0.137. The second kappa shape index (κ2) is 5.14. The Labute approximate surface area is 126 Å². The van der Waals surface area contributed by atoms with E-state index in [2.05, 4.69) is 12.7 Å². The fraction of sp³-hybridized carbons (Fsp3) is 0.722. The van der Waals surface area contributed by atoms with E-state index in [1.54, 1.807) is 0 Å². The van der Waals surface area contributed by atoms with E-state index < -0.39 is 5.97 Å². The van der Waals surface area contributed by atoms with Crippen molar-refractivity contribution in [3.8, 4) is 0 Å². The molecule has 4 bridgehead atoms. The number of hydrogen-bond donors (Lipinski definition) is 0. The third-order valence-electron chi connectivity index (χ3n) is 5.89. The highest BCUT2D eigenvalue weighted by molar-refractivity contribution is 6.16. The van der Waals surface area contributed by atoms with E-state index in [-0.39, 0.29) is 16.8 Å². The predicted octanol–water partition coefficient (Wildman–Crippen LogP) is 3.44. The molecular weight excluding hydrogens is 264 g/mol. The van der Waals surface area contributed by atoms with Gasteiger partial charge in [-0.2, -0.15) is 0 Å². The first-order valence-electron chi connectivity index (χ1n) is 8.01. The summed E-state index contributed by atoms with van der Waals surface area (Å²) in [5.41, 5.74) is 4.49. The van der Waals surface area contributed by atoms with Crippen LogP contribution in [0.2, 0.25) is 0 Å². The van der Waals surface area contributed by atoms with Crippen LogP contribution in [0.1, 0.15) is 52.4 Å². The first kappa shape index (κ1) is 14.6. The average molecular weight is 288 g/mol. The number of methoxy groups -OCH3 is 1. The summed E-state index contributed by atoms with van der Waals surface area (Å²) in [5, 5.41) is 0. The molecule has 4 saturated carbocycles. The molecule has 21 heavy (non-hydrogen) atoms. The maximum absolute atomic E-state index is 11.8. The van der Waals surface area contributed by atoms with Crippen molar-refractivity contribution in [2.75, 3.05) is 7.11 Å². The molecule has 3 heteroatoms. The van der Waals surface area contributed by atoms with Gasteiger partial charge >= 0.3 is 5.97 Å². The number of rotatable bonds is 3. The van der Waals surface area contributed by atoms with E-state index in [0.717, 1.165) is 23.3 Å². The lowest BCUT2D eigenvalue weighted by Crippen LogP contribution is -2.46. The van der Waals surface area contributed by atoms with Crippen LogP contribution in [0.15, 0.2) is 16.9 Å². The number of esters is 1. The molecule has 114 valence electrons. The quantitative estimate of drug-likeness (QED) is 0.263. The molecule has 4 rings (SSSR count). The van der Waals surface area contributed by atoms with Crippen LogP contribution >= 0.6 is 0 Å². The Hall–Kier alpha value is -1.34. The minimum absolute atomic E-state index is 0.0748. The molecule has 0 aliphatic heterocycles. The van der Waals surface area contributed by atoms with Gasteiger partial charge in [0.25, 0.3) is 0 Å². The standard InChI is InChI=1S/C18H24O3/c1-11(4-16(12(2)19)17(20)21-3)18-8-13-5-14(9-18)7-15(6-13)10-18/h13-15H,5-10H2,1-3H3. The van der Waals surface area contributed by atoms with Crippen LogP contribution in [0.4, 0.5) is 0 Å². The van der Waals surface area contributed by atoms with E-state index >= 15 is 0 Å². The maximum Gasteiger partial charge on any atom is 0.349 e. The number of carbonyl (C=O) groups excluding carboxylic acids is 2. The van der Waals surface area contributed by atoms with Crippen LogP contribution < -0.4 is 0 Å². The molecule has 0 saturated heterocycles. The Morgan fingerprint density at radius 2 is 1.48 bits per heavy atom. The Morgan fingerprint density at radius 1 is 1.00 bits per heavy atom. The van der Waals surface area contributed by atoms with Crippen LogP contribution in [-0.2, 0) is 14.3 Å². The summed E-state index contributed by atoms with van der Waals surface area (Å²) in [6.45, 7) is 3.46. The van der Waals surface area contributed by atoms with Crippen LogP contribution in [0.5, 0.6) is 0 Å². The topological polar surface area (TPSA) is 43.4 Å². The first-order valence-corrected chi connectivity index (χ1v) is 8.01. The molecule has 0 heterocycles. The SMILES string of the molecule is COC(=O)C(=C=C(C)C12CC3CC(CC(C3)C1)C2)C(C)=O. The summed E-state index contributed by atoms with van der Waals surface area (Å²) >= 11 is 0. The van der Waals surface area contributed by atoms with Gasteiger partial charge in [0.1, 0.15) is 5.57 Å². The Balaban J connectivity index is 2.00. The molecule has 0 aromatic heterocycles. The van der Waals surface area contributed by atoms with Gasteiger partial charge in [0.05, 0.1) is 7.11 Å². The summed E-state index contributed by atoms with van der Waals surface area (Å²) < 4.78 is 4.72. The Kier molecular flexibility index (Phi) is 3.57. The summed E-state index contributed by atoms with van der Waals surface area (Å²) in [4.78, 5) is 23.5. The van der Waals surface area contributed by atoms with Crippen molar-refractivity contribution in [3.63, 3.8) is 0 Å². The zero-order chi connectivity index (χ0) is 15.2. The van der Waals surface area contributed by atoms with Crippen molar-refractivity contribution in [3.05, 3.63) is 16.9 Å². The third kappa shape index (κ3) is 2.48. The summed E-state index contributed by atoms with van der Waals surface area (Å²) in [6, 6.07) is 0. The Bertz CT molecular complexity index is 514. The van der Waals surface area contributed by atoms with Gasteiger partial charge < -0.3 is 4.74 Å². The monoisotopic (exact) mass is 288 g/mol. The lowest BCUT2D eigenvalue weighted by atomic mass is 9.48. The first-order chi connectivity index (χ1) is 9.93. The smallest absolute Gasteiger partial charge is 0.349 e. The van der Waals surface area contributed by atoms with Crippen LogP contribution in [0.3, 0.4) is 0 Å². The molecule has 0 aromatic rings. The molecule has 4 aliphatic rings. The molecule has 3 nitrogen and oxygen atoms in total. The lowest BCUT2D eigenvalue weighted by Gasteiger charge is -2.57. The van der Waals surface area contributed by atoms with Gasteiger partial charge in [0.2, 0.25) is 0 Å². The predicted molar refractivity (Wildman–Crippen MR) is 79.5 cm³/mol. The molecule has 0 N–H and O–H groups in total. The third-order valence-corrected chi connectivity index (χ3v) is 5.89. The second-order valence-corrected chi connectivity index (χ2v) is 7.37. The molecule has 0 aromatic carbocycles. The van der Waals surface area contributed by atoms with E-state index in [0.29, 0.717) is 0 Å². The van der Waals surface area contributed by atoms with Crippen LogP contribution in [0, 0.1) is 23.2 Å². The van der Waals surface area contributed by atoms with Crippen LogP contribution in [0.25, 0.3) is 0 Å². The van der Waals surface area contributed by atoms with Gasteiger partial charge in [-0.15, -0.1) is 5.73 Å². The summed E-state index contributed by atoms with van der Waals surface area (Å²) in [5.74, 6) is 1.70. The molecule has 0 amide bonds. The number of hydrogen-bond acceptors (Lipinski definition) is 3. The average Bonchev–Trinajstić information content (AvgIpc) is 2.41. The zero-order valence-corrected chi connectivity index (χ0v) is 13.2. The van der Waals surface area contributed by atoms with Crippen molar-refractivity contribution in [1.29, 1.82) is 0 Å². The minimum Gasteiger partial charge on any atom is -0.465 e. The van der Waals surface area contributed by atoms with Crippen molar-refractivity contribution >= 4 is 11.8 Å². The maximum atomic E-state index is 11.8. The largest absolute Gasteiger partial charge is 0.465 e. The van der Waals surface area contributed by atoms with Gasteiger partial charge in [-0.1, -0.05) is 0 Å². The molecule has 0 radical (unpaired) electrons. The van der Waals surface area contributed by atoms with E-state index in [1.807, 2.05) is 0 Å². The molecule has 0 atom stereocenters. The highest BCUT2D eigenvalue weighted by Gasteiger charge is 2.51. The van der Waals surface area contributed by atoms with Gasteiger partial charge in [0, 0.05) is 6.92 Å². The number of carbonyl (C=O) groups is 2. The number of Topliss-reactive ketones (excluding diaryl/α,β-unsaturated/α-hetero) is 1. The number of ketones is 1. The van der Waals surface area contributed by atoms with Gasteiger partial charge in [-0.3, -0.25) is 4.79 Å². The highest BCUT2D eigenvalue weighted by Crippen LogP contribution is 2.62. The molecule has 0 spiro atoms. The van der Waals surface area contributed by atoms with E-state index in [4.69, 9.17) is 4.74 Å². The van der Waals surface area contributed by atoms with Crippen molar-refractivity contribution in [1.82, 2.24) is 0 Å². The zero-order valence-electron chi connectivity index (χ0n) is 13.2. The van der Waals surface area contributed by atoms with Crippen molar-refractivity contribution in [2.24, 2.45) is 23.2 Å². The van der Waals surface area contributed by atoms with E-state index in [1.165, 1.54) is 52.6 Å². The van der Waals surface area contributed by atoms with E-state index in [9.17, 15) is 9.59 Å². The molecular formula is C18H24O3. The van der Waals surface area contributed by atoms with Crippen molar-refractivity contribution in [2.45, 2.75) is 52.4 Å². The summed E-state index contributed by atoms with van der Waals surface area (Å²) in [6.07, 6.45) is 7.78. The molecule has 4 fully saturated rings. The van der Waals surface area contributed by atoms with Crippen LogP contribution in [-0.4, -0.2) is 18.9 Å². The fourth-order valence-corrected chi connectivity index (χ4v) is 5.27. The fourth-order valence-electron chi connectivity index (χ4n) is 5.27. The Morgan fingerprint density at radius 3 is 1.86 bits per heavy atom. The molecule has 0 unspecified atom stereocenters. The molecule has 4 aliphatic carbocycles. The summed E-state index contributed by atoms with van der Waals surface area (Å²) in [7, 11) is 1.31. The van der Waals surface area contributed by atoms with Gasteiger partial charge in [-0.05, 0) is 74.2 Å². The number of ether oxygens (including phenoxy) is 1. The minimum atomic E-state index is -0.563. The normalized spacial score (nSPS) is 36.0. The highest BCUT2D eigenvalue weighted by atomic mass is 16.5. The van der Waals surface area contributed by atoms with Crippen molar-refractivity contribution < 1.29 is 14.3 Å². The van der Waals surface area contributed by atoms with Gasteiger partial charge in [-0.25, -0.2) is 4.79 Å². The second-order valence-electron chi connectivity index (χ2n) is 7.37. The van der Waals surface area contributed by atoms with Gasteiger partial charge in [0.15, 0.2) is 5.78 Å².